The molecule has 6 nitrogen and oxygen atoms in total. The molecule has 1 amide bonds. The molecule has 3 aromatic carbocycles. The van der Waals surface area contributed by atoms with Gasteiger partial charge in [-0.25, -0.2) is 4.99 Å². The van der Waals surface area contributed by atoms with Gasteiger partial charge in [0, 0.05) is 11.6 Å². The molecule has 0 aliphatic heterocycles. The fourth-order valence-electron chi connectivity index (χ4n) is 3.41. The molecule has 1 aromatic heterocycles. The normalized spacial score (nSPS) is 11.8. The van der Waals surface area contributed by atoms with Gasteiger partial charge in [-0.1, -0.05) is 59.7 Å². The molecule has 0 unspecified atom stereocenters. The minimum atomic E-state index is -4.47. The largest absolute Gasteiger partial charge is 0.416 e. The van der Waals surface area contributed by atoms with Crippen molar-refractivity contribution >= 4 is 17.7 Å². The van der Waals surface area contributed by atoms with E-state index in [4.69, 9.17) is 0 Å². The summed E-state index contributed by atoms with van der Waals surface area (Å²) < 4.78 is 38.3. The van der Waals surface area contributed by atoms with Gasteiger partial charge < -0.3 is 5.32 Å². The van der Waals surface area contributed by atoms with Crippen LogP contribution < -0.4 is 10.6 Å². The van der Waals surface area contributed by atoms with Crippen molar-refractivity contribution in [3.8, 4) is 11.3 Å². The van der Waals surface area contributed by atoms with E-state index in [1.165, 1.54) is 5.56 Å². The second kappa shape index (κ2) is 12.4. The number of rotatable bonds is 3. The number of H-pyrrole nitrogens is 1. The number of anilines is 1. The van der Waals surface area contributed by atoms with Crippen LogP contribution in [0.2, 0.25) is 0 Å². The molecule has 4 aromatic rings. The Morgan fingerprint density at radius 3 is 2.03 bits per heavy atom. The number of carbonyl (C=O) groups is 1. The smallest absolute Gasteiger partial charge is 0.309 e. The maximum Gasteiger partial charge on any atom is 0.416 e. The highest BCUT2D eigenvalue weighted by molar-refractivity contribution is 6.09. The molecule has 9 heteroatoms. The van der Waals surface area contributed by atoms with Crippen LogP contribution in [0.25, 0.3) is 11.3 Å². The number of guanidine groups is 1. The molecule has 0 atom stereocenters. The number of nitrogens with zero attached hydrogens (tertiary/aromatic N) is 2. The average molecular weight is 536 g/mol. The third-order valence-electron chi connectivity index (χ3n) is 5.25. The van der Waals surface area contributed by atoms with Crippen molar-refractivity contribution < 1.29 is 18.0 Å². The third-order valence-corrected chi connectivity index (χ3v) is 5.25. The Morgan fingerprint density at radius 1 is 0.846 bits per heavy atom. The molecule has 0 saturated carbocycles. The number of halogens is 3. The number of alkyl halides is 3. The second-order valence-corrected chi connectivity index (χ2v) is 9.98. The summed E-state index contributed by atoms with van der Waals surface area (Å²) in [6, 6.07) is 23.9. The van der Waals surface area contributed by atoms with Gasteiger partial charge >= 0.3 is 6.18 Å². The molecule has 4 rings (SSSR count). The highest BCUT2D eigenvalue weighted by atomic mass is 19.4. The van der Waals surface area contributed by atoms with Crippen molar-refractivity contribution in [2.75, 3.05) is 5.32 Å². The van der Waals surface area contributed by atoms with E-state index < -0.39 is 23.2 Å². The highest BCUT2D eigenvalue weighted by Gasteiger charge is 2.30. The van der Waals surface area contributed by atoms with E-state index in [2.05, 4.69) is 44.9 Å². The number of amides is 1. The van der Waals surface area contributed by atoms with Gasteiger partial charge in [0.05, 0.1) is 16.8 Å². The van der Waals surface area contributed by atoms with Crippen molar-refractivity contribution in [2.24, 2.45) is 4.99 Å². The first-order valence-electron chi connectivity index (χ1n) is 12.3. The monoisotopic (exact) mass is 535 g/mol. The van der Waals surface area contributed by atoms with Gasteiger partial charge in [-0.3, -0.25) is 15.2 Å². The van der Waals surface area contributed by atoms with Crippen molar-refractivity contribution in [3.63, 3.8) is 0 Å². The third kappa shape index (κ3) is 9.45. The van der Waals surface area contributed by atoms with Crippen molar-refractivity contribution in [1.82, 2.24) is 15.5 Å². The van der Waals surface area contributed by atoms with E-state index >= 15 is 0 Å². The average Bonchev–Trinajstić information content (AvgIpc) is 3.32. The summed E-state index contributed by atoms with van der Waals surface area (Å²) in [5.74, 6) is -0.0365. The Labute approximate surface area is 226 Å². The van der Waals surface area contributed by atoms with E-state index in [1.54, 1.807) is 6.07 Å². The summed E-state index contributed by atoms with van der Waals surface area (Å²) in [6.45, 7) is 9.62. The number of hydrogen-bond donors (Lipinski definition) is 3. The number of aliphatic imine (C=N–C) groups is 1. The van der Waals surface area contributed by atoms with Crippen LogP contribution in [0.1, 0.15) is 47.8 Å². The number of hydrogen-bond acceptors (Lipinski definition) is 3. The topological polar surface area (TPSA) is 82.2 Å². The Balaban J connectivity index is 0.000000520. The molecular weight excluding hydrogens is 503 g/mol. The second-order valence-electron chi connectivity index (χ2n) is 9.98. The maximum absolute atomic E-state index is 12.8. The predicted octanol–water partition coefficient (Wildman–Crippen LogP) is 7.40. The van der Waals surface area contributed by atoms with Crippen molar-refractivity contribution in [2.45, 2.75) is 46.3 Å². The lowest BCUT2D eigenvalue weighted by Gasteiger charge is -2.17. The van der Waals surface area contributed by atoms with E-state index in [0.29, 0.717) is 5.82 Å². The van der Waals surface area contributed by atoms with Crippen LogP contribution >= 0.6 is 0 Å². The van der Waals surface area contributed by atoms with E-state index in [9.17, 15) is 18.0 Å². The summed E-state index contributed by atoms with van der Waals surface area (Å²) in [5, 5.41) is 12.7. The molecule has 0 saturated heterocycles. The lowest BCUT2D eigenvalue weighted by atomic mass is 10.1. The highest BCUT2D eigenvalue weighted by Crippen LogP contribution is 2.29. The molecule has 0 aliphatic rings. The van der Waals surface area contributed by atoms with Crippen molar-refractivity contribution in [3.05, 3.63) is 107 Å². The lowest BCUT2D eigenvalue weighted by Crippen LogP contribution is -2.38. The number of carbonyl (C=O) groups excluding carboxylic acids is 1. The van der Waals surface area contributed by atoms with E-state index in [-0.39, 0.29) is 11.5 Å². The standard InChI is InChI=1S/C23H24F3N5O.C7H8/c1-14-6-5-7-16(12-14)18-13-19(31-30-18)27-21(29-22(2,3)4)28-20(32)15-8-10-17(11-9-15)23(24,25)26;1-7-5-3-2-4-6-7/h5-13H,1-4H3,(H3,27,28,29,30,31,32);2-6H,1H3. The molecule has 3 N–H and O–H groups in total. The van der Waals surface area contributed by atoms with Gasteiger partial charge in [0.15, 0.2) is 5.82 Å². The zero-order valence-corrected chi connectivity index (χ0v) is 22.5. The minimum Gasteiger partial charge on any atom is -0.309 e. The molecule has 0 aliphatic carbocycles. The van der Waals surface area contributed by atoms with E-state index in [0.717, 1.165) is 41.1 Å². The summed E-state index contributed by atoms with van der Waals surface area (Å²) in [7, 11) is 0. The SMILES string of the molecule is Cc1cccc(-c2cc(NC(=NC(C)(C)C)NC(=O)c3ccc(C(F)(F)F)cc3)n[nH]2)c1.Cc1ccccc1. The first-order valence-corrected chi connectivity index (χ1v) is 12.3. The number of aromatic nitrogens is 2. The van der Waals surface area contributed by atoms with Gasteiger partial charge in [-0.15, -0.1) is 0 Å². The molecule has 1 heterocycles. The number of nitrogens with one attached hydrogen (secondary N) is 3. The summed E-state index contributed by atoms with van der Waals surface area (Å²) in [6.07, 6.45) is -4.47. The molecule has 0 radical (unpaired) electrons. The zero-order valence-electron chi connectivity index (χ0n) is 22.5. The first-order chi connectivity index (χ1) is 18.3. The Hall–Kier alpha value is -4.40. The molecule has 204 valence electrons. The quantitative estimate of drug-likeness (QED) is 0.189. The number of benzene rings is 3. The van der Waals surface area contributed by atoms with Crippen molar-refractivity contribution in [1.29, 1.82) is 0 Å². The van der Waals surface area contributed by atoms with Crippen LogP contribution in [-0.4, -0.2) is 27.6 Å². The summed E-state index contributed by atoms with van der Waals surface area (Å²) in [4.78, 5) is 17.1. The summed E-state index contributed by atoms with van der Waals surface area (Å²) in [5.41, 5.74) is 2.87. The van der Waals surface area contributed by atoms with Crippen LogP contribution in [-0.2, 0) is 6.18 Å². The summed E-state index contributed by atoms with van der Waals surface area (Å²) >= 11 is 0. The minimum absolute atomic E-state index is 0.0730. The van der Waals surface area contributed by atoms with Gasteiger partial charge in [0.1, 0.15) is 0 Å². The van der Waals surface area contributed by atoms with Gasteiger partial charge in [-0.05, 0) is 70.5 Å². The number of aryl methyl sites for hydroxylation is 2. The Kier molecular flexibility index (Phi) is 9.29. The fourth-order valence-corrected chi connectivity index (χ4v) is 3.41. The predicted molar refractivity (Wildman–Crippen MR) is 150 cm³/mol. The first kappa shape index (κ1) is 29.2. The van der Waals surface area contributed by atoms with Gasteiger partial charge in [0.2, 0.25) is 5.96 Å². The van der Waals surface area contributed by atoms with Crippen LogP contribution in [0.15, 0.2) is 89.9 Å². The van der Waals surface area contributed by atoms with Gasteiger partial charge in [-0.2, -0.15) is 18.3 Å². The fraction of sp³-hybridized carbons (Fsp3) is 0.233. The molecule has 0 spiro atoms. The molecular formula is C30H32F3N5O. The molecule has 39 heavy (non-hydrogen) atoms. The van der Waals surface area contributed by atoms with E-state index in [1.807, 2.05) is 70.2 Å². The lowest BCUT2D eigenvalue weighted by molar-refractivity contribution is -0.137. The van der Waals surface area contributed by atoms with Crippen LogP contribution in [0.4, 0.5) is 19.0 Å². The molecule has 0 bridgehead atoms. The zero-order chi connectivity index (χ0) is 28.6. The van der Waals surface area contributed by atoms with Crippen LogP contribution in [0.3, 0.4) is 0 Å². The molecule has 0 fully saturated rings. The van der Waals surface area contributed by atoms with Crippen LogP contribution in [0, 0.1) is 13.8 Å². The van der Waals surface area contributed by atoms with Gasteiger partial charge in [0.25, 0.3) is 5.91 Å². The maximum atomic E-state index is 12.8. The number of aromatic amines is 1. The Morgan fingerprint density at radius 2 is 1.49 bits per heavy atom. The van der Waals surface area contributed by atoms with Crippen LogP contribution in [0.5, 0.6) is 0 Å². The Bertz CT molecular complexity index is 1400.